The third-order valence-electron chi connectivity index (χ3n) is 3.85. The highest BCUT2D eigenvalue weighted by Crippen LogP contribution is 2.68. The van der Waals surface area contributed by atoms with Gasteiger partial charge in [0.15, 0.2) is 0 Å². The lowest BCUT2D eigenvalue weighted by Crippen LogP contribution is -2.03. The lowest BCUT2D eigenvalue weighted by Gasteiger charge is -2.21. The zero-order chi connectivity index (χ0) is 12.0. The van der Waals surface area contributed by atoms with Crippen molar-refractivity contribution in [3.63, 3.8) is 0 Å². The molecular formula is C15H18OP+. The summed E-state index contributed by atoms with van der Waals surface area (Å²) >= 11 is 0. The maximum atomic E-state index is 5.31. The average Bonchev–Trinajstić information content (AvgIpc) is 2.65. The van der Waals surface area contributed by atoms with Crippen molar-refractivity contribution in [3.05, 3.63) is 46.5 Å². The molecule has 0 aromatic heterocycles. The third-order valence-corrected chi connectivity index (χ3v) is 6.60. The first-order valence-corrected chi connectivity index (χ1v) is 8.81. The Morgan fingerprint density at radius 1 is 1.18 bits per heavy atom. The molecule has 1 aromatic carbocycles. The molecule has 1 nitrogen and oxygen atoms in total. The molecule has 0 bridgehead atoms. The van der Waals surface area contributed by atoms with E-state index in [1.54, 1.807) is 12.4 Å². The van der Waals surface area contributed by atoms with Crippen LogP contribution in [0.5, 0.6) is 5.75 Å². The van der Waals surface area contributed by atoms with Crippen molar-refractivity contribution in [2.24, 2.45) is 0 Å². The van der Waals surface area contributed by atoms with Crippen molar-refractivity contribution in [3.8, 4) is 5.75 Å². The second-order valence-electron chi connectivity index (χ2n) is 5.24. The summed E-state index contributed by atoms with van der Waals surface area (Å²) in [7, 11) is 0.804. The lowest BCUT2D eigenvalue weighted by atomic mass is 9.90. The summed E-state index contributed by atoms with van der Waals surface area (Å²) in [5.41, 5.74) is 4.36. The highest BCUT2D eigenvalue weighted by molar-refractivity contribution is 7.81. The van der Waals surface area contributed by atoms with Gasteiger partial charge in [0.25, 0.3) is 0 Å². The van der Waals surface area contributed by atoms with E-state index in [-0.39, 0.29) is 0 Å². The normalized spacial score (nSPS) is 20.2. The number of benzene rings is 1. The smallest absolute Gasteiger partial charge is 0.119 e. The Balaban J connectivity index is 2.14. The van der Waals surface area contributed by atoms with Crippen molar-refractivity contribution < 1.29 is 4.74 Å². The first-order valence-electron chi connectivity index (χ1n) is 6.06. The van der Waals surface area contributed by atoms with Crippen LogP contribution in [0, 0.1) is 0 Å². The van der Waals surface area contributed by atoms with Gasteiger partial charge in [0.1, 0.15) is 5.75 Å². The molecule has 3 rings (SSSR count). The highest BCUT2D eigenvalue weighted by atomic mass is 31.2. The summed E-state index contributed by atoms with van der Waals surface area (Å²) < 4.78 is 5.31. The molecule has 88 valence electrons. The largest absolute Gasteiger partial charge is 0.497 e. The van der Waals surface area contributed by atoms with Gasteiger partial charge in [-0.15, -0.1) is 0 Å². The van der Waals surface area contributed by atoms with E-state index in [1.165, 1.54) is 23.1 Å². The molecule has 0 amide bonds. The van der Waals surface area contributed by atoms with Crippen molar-refractivity contribution in [2.75, 3.05) is 20.4 Å². The molecule has 0 saturated heterocycles. The molecule has 1 aromatic rings. The fourth-order valence-corrected chi connectivity index (χ4v) is 5.05. The zero-order valence-corrected chi connectivity index (χ0v) is 11.6. The minimum atomic E-state index is -0.931. The van der Waals surface area contributed by atoms with Crippen LogP contribution in [0.1, 0.15) is 17.5 Å². The highest BCUT2D eigenvalue weighted by Gasteiger charge is 2.38. The second-order valence-corrected chi connectivity index (χ2v) is 9.16. The van der Waals surface area contributed by atoms with E-state index in [2.05, 4.69) is 43.4 Å². The van der Waals surface area contributed by atoms with Gasteiger partial charge in [-0.2, -0.15) is 0 Å². The van der Waals surface area contributed by atoms with Crippen LogP contribution in [-0.2, 0) is 6.42 Å². The summed E-state index contributed by atoms with van der Waals surface area (Å²) in [6.07, 6.45) is 4.73. The van der Waals surface area contributed by atoms with E-state index in [0.29, 0.717) is 0 Å². The molecule has 0 radical (unpaired) electrons. The van der Waals surface area contributed by atoms with Gasteiger partial charge >= 0.3 is 0 Å². The summed E-state index contributed by atoms with van der Waals surface area (Å²) in [5, 5.41) is 1.70. The molecule has 1 aliphatic heterocycles. The molecule has 0 fully saturated rings. The van der Waals surface area contributed by atoms with E-state index >= 15 is 0 Å². The number of fused-ring (bicyclic) bond motifs is 2. The Labute approximate surface area is 104 Å². The predicted octanol–water partition coefficient (Wildman–Crippen LogP) is 4.16. The fraction of sp³-hybridized carbons (Fsp3) is 0.333. The molecular weight excluding hydrogens is 227 g/mol. The van der Waals surface area contributed by atoms with Crippen LogP contribution in [0.2, 0.25) is 0 Å². The summed E-state index contributed by atoms with van der Waals surface area (Å²) in [5.74, 6) is 3.42. The van der Waals surface area contributed by atoms with Crippen LogP contribution in [-0.4, -0.2) is 20.4 Å². The van der Waals surface area contributed by atoms with Gasteiger partial charge in [0.2, 0.25) is 0 Å². The number of methoxy groups -OCH3 is 1. The topological polar surface area (TPSA) is 9.23 Å². The predicted molar refractivity (Wildman–Crippen MR) is 76.1 cm³/mol. The number of hydrogen-bond acceptors (Lipinski definition) is 1. The Morgan fingerprint density at radius 3 is 2.76 bits per heavy atom. The van der Waals surface area contributed by atoms with Crippen LogP contribution < -0.4 is 4.74 Å². The lowest BCUT2D eigenvalue weighted by molar-refractivity contribution is 0.414. The monoisotopic (exact) mass is 245 g/mol. The number of allylic oxidation sites excluding steroid dienone is 3. The first kappa shape index (κ1) is 11.0. The Bertz CT molecular complexity index is 538. The van der Waals surface area contributed by atoms with Crippen LogP contribution >= 0.6 is 7.26 Å². The van der Waals surface area contributed by atoms with Gasteiger partial charge in [-0.25, -0.2) is 0 Å². The van der Waals surface area contributed by atoms with Gasteiger partial charge in [-0.1, -0.05) is 6.07 Å². The molecule has 1 aliphatic carbocycles. The molecule has 2 heteroatoms. The van der Waals surface area contributed by atoms with Crippen molar-refractivity contribution in [2.45, 2.75) is 12.8 Å². The Hall–Kier alpha value is -1.07. The van der Waals surface area contributed by atoms with E-state index in [9.17, 15) is 0 Å². The molecule has 17 heavy (non-hydrogen) atoms. The van der Waals surface area contributed by atoms with Crippen molar-refractivity contribution >= 4 is 12.8 Å². The van der Waals surface area contributed by atoms with Crippen molar-refractivity contribution in [1.82, 2.24) is 0 Å². The van der Waals surface area contributed by atoms with Gasteiger partial charge in [-0.3, -0.25) is 0 Å². The fourth-order valence-electron chi connectivity index (χ4n) is 2.85. The first-order chi connectivity index (χ1) is 8.12. The molecule has 0 N–H and O–H groups in total. The number of rotatable bonds is 1. The van der Waals surface area contributed by atoms with Crippen molar-refractivity contribution in [1.29, 1.82) is 0 Å². The number of hydrogen-bond donors (Lipinski definition) is 0. The van der Waals surface area contributed by atoms with Crippen LogP contribution in [0.3, 0.4) is 0 Å². The SMILES string of the molecule is COc1ccc2c(c1)CCC1=C2C=C[P+]1(C)C. The number of ether oxygens (including phenoxy) is 1. The summed E-state index contributed by atoms with van der Waals surface area (Å²) in [6, 6.07) is 6.49. The molecule has 2 aliphatic rings. The van der Waals surface area contributed by atoms with E-state index < -0.39 is 7.26 Å². The van der Waals surface area contributed by atoms with Gasteiger partial charge in [-0.05, 0) is 35.8 Å². The van der Waals surface area contributed by atoms with Crippen LogP contribution in [0.15, 0.2) is 35.4 Å². The summed E-state index contributed by atoms with van der Waals surface area (Å²) in [6.45, 7) is 4.83. The van der Waals surface area contributed by atoms with E-state index in [1.807, 2.05) is 0 Å². The summed E-state index contributed by atoms with van der Waals surface area (Å²) in [4.78, 5) is 0. The Morgan fingerprint density at radius 2 is 2.00 bits per heavy atom. The quantitative estimate of drug-likeness (QED) is 0.675. The van der Waals surface area contributed by atoms with E-state index in [0.717, 1.165) is 12.2 Å². The molecule has 0 saturated carbocycles. The average molecular weight is 245 g/mol. The van der Waals surface area contributed by atoms with Gasteiger partial charge < -0.3 is 4.74 Å². The molecule has 1 heterocycles. The molecule has 0 spiro atoms. The second kappa shape index (κ2) is 3.71. The van der Waals surface area contributed by atoms with Crippen LogP contribution in [0.4, 0.5) is 0 Å². The third kappa shape index (κ3) is 1.65. The maximum Gasteiger partial charge on any atom is 0.119 e. The Kier molecular flexibility index (Phi) is 2.41. The minimum absolute atomic E-state index is 0.931. The van der Waals surface area contributed by atoms with Gasteiger partial charge in [0.05, 0.1) is 38.8 Å². The minimum Gasteiger partial charge on any atom is -0.497 e. The molecule has 0 atom stereocenters. The standard InChI is InChI=1S/C15H18OP/c1-16-12-5-6-13-11(10-12)4-7-15-14(13)8-9-17(15,2)3/h5-6,8-10H,4,7H2,1-3H3/q+1. The molecule has 0 unspecified atom stereocenters. The zero-order valence-electron chi connectivity index (χ0n) is 10.7. The maximum absolute atomic E-state index is 5.31. The van der Waals surface area contributed by atoms with E-state index in [4.69, 9.17) is 4.74 Å². The van der Waals surface area contributed by atoms with Crippen LogP contribution in [0.25, 0.3) is 5.57 Å². The number of aryl methyl sites for hydroxylation is 1. The van der Waals surface area contributed by atoms with Gasteiger partial charge in [0, 0.05) is 12.0 Å².